The number of halogens is 3. The Morgan fingerprint density at radius 2 is 1.94 bits per heavy atom. The number of benzene rings is 1. The number of hydrogen-bond donors (Lipinski definition) is 1. The van der Waals surface area contributed by atoms with E-state index in [2.05, 4.69) is 25.9 Å². The molecule has 0 saturated carbocycles. The molecule has 3 heterocycles. The fourth-order valence-electron chi connectivity index (χ4n) is 6.73. The van der Waals surface area contributed by atoms with Crippen LogP contribution < -0.4 is 10.1 Å². The van der Waals surface area contributed by atoms with Crippen molar-refractivity contribution in [3.05, 3.63) is 41.5 Å². The van der Waals surface area contributed by atoms with Crippen LogP contribution in [0, 0.1) is 11.8 Å². The van der Waals surface area contributed by atoms with Gasteiger partial charge in [-0.25, -0.2) is 0 Å². The lowest BCUT2D eigenvalue weighted by Gasteiger charge is -2.54. The Morgan fingerprint density at radius 3 is 2.74 bits per heavy atom. The number of fused-ring (bicyclic) bond motifs is 6. The maximum absolute atomic E-state index is 12.4. The molecule has 4 aliphatic rings. The Balaban J connectivity index is 1.12. The second kappa shape index (κ2) is 9.90. The van der Waals surface area contributed by atoms with Crippen LogP contribution in [0.25, 0.3) is 0 Å². The van der Waals surface area contributed by atoms with E-state index >= 15 is 0 Å². The van der Waals surface area contributed by atoms with Gasteiger partial charge in [0.1, 0.15) is 5.75 Å². The minimum Gasteiger partial charge on any atom is -0.406 e. The minimum absolute atomic E-state index is 0.276. The van der Waals surface area contributed by atoms with E-state index in [-0.39, 0.29) is 11.7 Å². The number of likely N-dealkylation sites (tertiary alicyclic amines) is 1. The van der Waals surface area contributed by atoms with E-state index in [0.717, 1.165) is 43.6 Å². The summed E-state index contributed by atoms with van der Waals surface area (Å²) >= 11 is 0. The zero-order valence-electron chi connectivity index (χ0n) is 19.5. The summed E-state index contributed by atoms with van der Waals surface area (Å²) in [5.41, 5.74) is 1.98. The number of hydrogen-bond acceptors (Lipinski definition) is 4. The molecular weight excluding hydrogens is 443 g/mol. The molecule has 3 fully saturated rings. The van der Waals surface area contributed by atoms with Gasteiger partial charge in [0.15, 0.2) is 0 Å². The van der Waals surface area contributed by atoms with Crippen LogP contribution in [-0.4, -0.2) is 66.9 Å². The van der Waals surface area contributed by atoms with Gasteiger partial charge in [-0.2, -0.15) is 0 Å². The predicted molar refractivity (Wildman–Crippen MR) is 124 cm³/mol. The Labute approximate surface area is 199 Å². The molecule has 186 valence electrons. The fraction of sp³-hybridized carbons (Fsp3) is 0.654. The van der Waals surface area contributed by atoms with Crippen molar-refractivity contribution in [3.8, 4) is 5.75 Å². The van der Waals surface area contributed by atoms with Gasteiger partial charge in [-0.1, -0.05) is 18.1 Å². The van der Waals surface area contributed by atoms with Crippen LogP contribution in [0.4, 0.5) is 13.2 Å². The normalized spacial score (nSPS) is 29.6. The molecule has 0 radical (unpaired) electrons. The number of amides is 1. The topological polar surface area (TPSA) is 44.8 Å². The zero-order valence-corrected chi connectivity index (χ0v) is 19.5. The Hall–Kier alpha value is -2.06. The fourth-order valence-corrected chi connectivity index (χ4v) is 6.73. The first-order valence-electron chi connectivity index (χ1n) is 12.7. The Morgan fingerprint density at radius 1 is 1.12 bits per heavy atom. The van der Waals surface area contributed by atoms with Crippen molar-refractivity contribution in [2.24, 2.45) is 11.8 Å². The van der Waals surface area contributed by atoms with Crippen LogP contribution in [-0.2, 0) is 0 Å². The summed E-state index contributed by atoms with van der Waals surface area (Å²) in [6.45, 7) is 5.09. The van der Waals surface area contributed by atoms with Gasteiger partial charge in [0.05, 0.1) is 0 Å². The van der Waals surface area contributed by atoms with Crippen LogP contribution in [0.15, 0.2) is 35.9 Å². The number of nitrogens with one attached hydrogen (secondary N) is 1. The van der Waals surface area contributed by atoms with Gasteiger partial charge in [0.2, 0.25) is 0 Å². The monoisotopic (exact) mass is 477 g/mol. The lowest BCUT2D eigenvalue weighted by molar-refractivity contribution is -0.274. The molecule has 0 spiro atoms. The van der Waals surface area contributed by atoms with Crippen LogP contribution in [0.3, 0.4) is 0 Å². The highest BCUT2D eigenvalue weighted by molar-refractivity contribution is 5.94. The van der Waals surface area contributed by atoms with Crippen molar-refractivity contribution in [2.75, 3.05) is 32.7 Å². The molecule has 2 bridgehead atoms. The standard InChI is InChI=1S/C26H34F3N3O2/c27-26(28,29)34-22-9-7-18(8-10-22)25(33)30-11-4-14-31-13-3-5-19-15-20-16-21(24(19)31)17-32-12-2-1-6-23(20)32/h7-10,15,20-21,23-24H,1-6,11-14,16-17H2,(H,30,33)/t20-,21+,23-,24-/m1/s1. The van der Waals surface area contributed by atoms with E-state index < -0.39 is 6.36 Å². The number of piperidine rings is 3. The van der Waals surface area contributed by atoms with Gasteiger partial charge in [-0.05, 0) is 87.7 Å². The van der Waals surface area contributed by atoms with Crippen molar-refractivity contribution in [1.29, 1.82) is 0 Å². The van der Waals surface area contributed by atoms with E-state index in [9.17, 15) is 18.0 Å². The molecule has 1 aromatic rings. The highest BCUT2D eigenvalue weighted by Gasteiger charge is 2.45. The van der Waals surface area contributed by atoms with Crippen molar-refractivity contribution < 1.29 is 22.7 Å². The summed E-state index contributed by atoms with van der Waals surface area (Å²) in [4.78, 5) is 17.8. The summed E-state index contributed by atoms with van der Waals surface area (Å²) < 4.78 is 40.7. The molecule has 1 N–H and O–H groups in total. The molecule has 0 aromatic heterocycles. The summed E-state index contributed by atoms with van der Waals surface area (Å²) in [5, 5.41) is 2.91. The summed E-state index contributed by atoms with van der Waals surface area (Å²) in [6, 6.07) is 6.35. The highest BCUT2D eigenvalue weighted by Crippen LogP contribution is 2.44. The van der Waals surface area contributed by atoms with Crippen LogP contribution >= 0.6 is 0 Å². The van der Waals surface area contributed by atoms with Crippen LogP contribution in [0.1, 0.15) is 55.3 Å². The largest absolute Gasteiger partial charge is 0.573 e. The van der Waals surface area contributed by atoms with Gasteiger partial charge in [0, 0.05) is 37.3 Å². The summed E-state index contributed by atoms with van der Waals surface area (Å²) in [5.74, 6) is 0.845. The Bertz CT molecular complexity index is 902. The molecule has 5 nitrogen and oxygen atoms in total. The number of carbonyl (C=O) groups excluding carboxylic acids is 1. The van der Waals surface area contributed by atoms with Crippen LogP contribution in [0.5, 0.6) is 5.75 Å². The first-order chi connectivity index (χ1) is 16.4. The molecule has 0 unspecified atom stereocenters. The lowest BCUT2D eigenvalue weighted by atomic mass is 9.68. The second-order valence-electron chi connectivity index (χ2n) is 10.2. The molecule has 4 atom stereocenters. The third-order valence-electron chi connectivity index (χ3n) is 8.02. The van der Waals surface area contributed by atoms with Crippen LogP contribution in [0.2, 0.25) is 0 Å². The number of carbonyl (C=O) groups is 1. The van der Waals surface area contributed by atoms with Gasteiger partial charge < -0.3 is 10.1 Å². The third-order valence-corrected chi connectivity index (χ3v) is 8.02. The summed E-state index contributed by atoms with van der Waals surface area (Å²) in [6.07, 6.45) is 6.55. The van der Waals surface area contributed by atoms with Crippen molar-refractivity contribution >= 4 is 5.91 Å². The van der Waals surface area contributed by atoms with Crippen molar-refractivity contribution in [1.82, 2.24) is 15.1 Å². The van der Waals surface area contributed by atoms with E-state index in [1.54, 1.807) is 5.57 Å². The highest BCUT2D eigenvalue weighted by atomic mass is 19.4. The van der Waals surface area contributed by atoms with Crippen molar-refractivity contribution in [3.63, 3.8) is 0 Å². The van der Waals surface area contributed by atoms with E-state index in [0.29, 0.717) is 24.1 Å². The molecule has 1 aliphatic carbocycles. The third kappa shape index (κ3) is 5.28. The SMILES string of the molecule is O=C(NCCCN1CCCC2=C[C@@H]3C[C@@H](CN4CCCC[C@H]34)[C@@H]21)c1ccc(OC(F)(F)F)cc1. The molecule has 1 aromatic carbocycles. The van der Waals surface area contributed by atoms with Gasteiger partial charge >= 0.3 is 6.36 Å². The first kappa shape index (κ1) is 23.7. The molecule has 3 aliphatic heterocycles. The Kier molecular flexibility index (Phi) is 6.89. The molecular formula is C26H34F3N3O2. The number of alkyl halides is 3. The predicted octanol–water partition coefficient (Wildman–Crippen LogP) is 4.60. The van der Waals surface area contributed by atoms with Gasteiger partial charge in [-0.15, -0.1) is 13.2 Å². The van der Waals surface area contributed by atoms with Crippen molar-refractivity contribution in [2.45, 2.75) is 63.4 Å². The van der Waals surface area contributed by atoms with Gasteiger partial charge in [0.25, 0.3) is 5.91 Å². The first-order valence-corrected chi connectivity index (χ1v) is 12.7. The number of rotatable bonds is 6. The molecule has 1 amide bonds. The lowest BCUT2D eigenvalue weighted by Crippen LogP contribution is -2.59. The number of ether oxygens (including phenoxy) is 1. The maximum Gasteiger partial charge on any atom is 0.573 e. The average molecular weight is 478 g/mol. The molecule has 5 rings (SSSR count). The second-order valence-corrected chi connectivity index (χ2v) is 10.2. The summed E-state index contributed by atoms with van der Waals surface area (Å²) in [7, 11) is 0. The molecule has 3 saturated heterocycles. The van der Waals surface area contributed by atoms with E-state index in [1.165, 1.54) is 63.7 Å². The molecule has 8 heteroatoms. The zero-order chi connectivity index (χ0) is 23.7. The maximum atomic E-state index is 12.4. The number of nitrogens with zero attached hydrogens (tertiary/aromatic N) is 2. The average Bonchev–Trinajstić information content (AvgIpc) is 2.81. The minimum atomic E-state index is -4.74. The van der Waals surface area contributed by atoms with E-state index in [4.69, 9.17) is 0 Å². The smallest absolute Gasteiger partial charge is 0.406 e. The molecule has 34 heavy (non-hydrogen) atoms. The quantitative estimate of drug-likeness (QED) is 0.481. The van der Waals surface area contributed by atoms with E-state index in [1.807, 2.05) is 0 Å². The van der Waals surface area contributed by atoms with Gasteiger partial charge in [-0.3, -0.25) is 14.6 Å².